The fourth-order valence-corrected chi connectivity index (χ4v) is 1.85. The number of non-ortho nitro benzene ring substituents is 1. The second-order valence-corrected chi connectivity index (χ2v) is 3.84. The third-order valence-electron chi connectivity index (χ3n) is 2.69. The Kier molecular flexibility index (Phi) is 3.12. The molecule has 0 bridgehead atoms. The van der Waals surface area contributed by atoms with Gasteiger partial charge in [-0.25, -0.2) is 4.79 Å². The number of nitro benzene ring substituents is 1. The summed E-state index contributed by atoms with van der Waals surface area (Å²) in [5, 5.41) is 20.8. The van der Waals surface area contributed by atoms with Crippen molar-refractivity contribution in [2.24, 2.45) is 0 Å². The van der Waals surface area contributed by atoms with Crippen LogP contribution >= 0.6 is 0 Å². The number of ether oxygens (including phenoxy) is 1. The molecule has 0 aliphatic carbocycles. The smallest absolute Gasteiger partial charge is 0.374 e. The van der Waals surface area contributed by atoms with E-state index in [1.54, 1.807) is 6.92 Å². The van der Waals surface area contributed by atoms with Gasteiger partial charge in [-0.05, 0) is 19.9 Å². The molecular formula is C12H11NO6. The van der Waals surface area contributed by atoms with E-state index < -0.39 is 10.9 Å². The van der Waals surface area contributed by atoms with Gasteiger partial charge in [-0.3, -0.25) is 10.1 Å². The van der Waals surface area contributed by atoms with Gasteiger partial charge in [0.2, 0.25) is 11.3 Å². The summed E-state index contributed by atoms with van der Waals surface area (Å²) in [5.41, 5.74) is -0.133. The SMILES string of the molecule is CCOC(=O)c1oc2c([N+](=O)[O-])ccc(O)c2c1C. The highest BCUT2D eigenvalue weighted by molar-refractivity contribution is 6.01. The molecule has 0 saturated heterocycles. The van der Waals surface area contributed by atoms with Crippen molar-refractivity contribution >= 4 is 22.6 Å². The molecule has 0 spiro atoms. The highest BCUT2D eigenvalue weighted by Gasteiger charge is 2.26. The van der Waals surface area contributed by atoms with Crippen LogP contribution in [0, 0.1) is 17.0 Å². The van der Waals surface area contributed by atoms with Crippen LogP contribution in [0.1, 0.15) is 23.0 Å². The molecule has 0 amide bonds. The highest BCUT2D eigenvalue weighted by Crippen LogP contribution is 2.38. The summed E-state index contributed by atoms with van der Waals surface area (Å²) in [4.78, 5) is 21.9. The van der Waals surface area contributed by atoms with Crippen molar-refractivity contribution in [2.45, 2.75) is 13.8 Å². The summed E-state index contributed by atoms with van der Waals surface area (Å²) in [5.74, 6) is -1.04. The Hall–Kier alpha value is -2.57. The van der Waals surface area contributed by atoms with Gasteiger partial charge >= 0.3 is 11.7 Å². The second-order valence-electron chi connectivity index (χ2n) is 3.84. The molecular weight excluding hydrogens is 254 g/mol. The van der Waals surface area contributed by atoms with Gasteiger partial charge in [0.1, 0.15) is 5.75 Å². The molecule has 1 N–H and O–H groups in total. The third kappa shape index (κ3) is 1.99. The van der Waals surface area contributed by atoms with Crippen LogP contribution in [0.4, 0.5) is 5.69 Å². The van der Waals surface area contributed by atoms with Crippen LogP contribution in [0.15, 0.2) is 16.5 Å². The van der Waals surface area contributed by atoms with Crippen molar-refractivity contribution in [1.29, 1.82) is 0 Å². The zero-order chi connectivity index (χ0) is 14.2. The number of carbonyl (C=O) groups excluding carboxylic acids is 1. The Morgan fingerprint density at radius 3 is 2.79 bits per heavy atom. The lowest BCUT2D eigenvalue weighted by atomic mass is 10.1. The molecule has 19 heavy (non-hydrogen) atoms. The lowest BCUT2D eigenvalue weighted by molar-refractivity contribution is -0.383. The van der Waals surface area contributed by atoms with Gasteiger partial charge in [-0.1, -0.05) is 0 Å². The molecule has 2 aromatic rings. The number of hydrogen-bond donors (Lipinski definition) is 1. The summed E-state index contributed by atoms with van der Waals surface area (Å²) in [6, 6.07) is 2.31. The Labute approximate surface area is 107 Å². The number of phenolic OH excluding ortho intramolecular Hbond substituents is 1. The number of benzene rings is 1. The number of fused-ring (bicyclic) bond motifs is 1. The number of rotatable bonds is 3. The van der Waals surface area contributed by atoms with Crippen LogP contribution in [-0.2, 0) is 4.74 Å². The summed E-state index contributed by atoms with van der Waals surface area (Å²) in [7, 11) is 0. The molecule has 7 nitrogen and oxygen atoms in total. The van der Waals surface area contributed by atoms with E-state index >= 15 is 0 Å². The molecule has 1 heterocycles. The number of carbonyl (C=O) groups is 1. The van der Waals surface area contributed by atoms with Gasteiger partial charge < -0.3 is 14.3 Å². The Morgan fingerprint density at radius 2 is 2.21 bits per heavy atom. The number of hydrogen-bond acceptors (Lipinski definition) is 6. The zero-order valence-corrected chi connectivity index (χ0v) is 10.3. The molecule has 0 aliphatic heterocycles. The zero-order valence-electron chi connectivity index (χ0n) is 10.3. The first kappa shape index (κ1) is 12.9. The minimum absolute atomic E-state index is 0.134. The van der Waals surface area contributed by atoms with E-state index in [-0.39, 0.29) is 34.8 Å². The lowest BCUT2D eigenvalue weighted by Crippen LogP contribution is -2.04. The van der Waals surface area contributed by atoms with Gasteiger partial charge in [-0.15, -0.1) is 0 Å². The van der Waals surface area contributed by atoms with Gasteiger partial charge in [-0.2, -0.15) is 0 Å². The number of aryl methyl sites for hydroxylation is 1. The number of aromatic hydroxyl groups is 1. The topological polar surface area (TPSA) is 103 Å². The highest BCUT2D eigenvalue weighted by atomic mass is 16.6. The van der Waals surface area contributed by atoms with Crippen LogP contribution in [0.3, 0.4) is 0 Å². The quantitative estimate of drug-likeness (QED) is 0.519. The minimum Gasteiger partial charge on any atom is -0.507 e. The maximum atomic E-state index is 11.7. The second kappa shape index (κ2) is 4.60. The number of esters is 1. The molecule has 0 atom stereocenters. The van der Waals surface area contributed by atoms with Crippen molar-refractivity contribution in [2.75, 3.05) is 6.61 Å². The summed E-state index contributed by atoms with van der Waals surface area (Å²) in [6.45, 7) is 3.32. The number of nitro groups is 1. The van der Waals surface area contributed by atoms with Crippen molar-refractivity contribution < 1.29 is 24.0 Å². The average Bonchev–Trinajstić information content (AvgIpc) is 2.68. The van der Waals surface area contributed by atoms with Crippen molar-refractivity contribution in [3.63, 3.8) is 0 Å². The number of nitrogens with zero attached hydrogens (tertiary/aromatic N) is 1. The summed E-state index contributed by atoms with van der Waals surface area (Å²) in [6.07, 6.45) is 0. The van der Waals surface area contributed by atoms with E-state index in [4.69, 9.17) is 9.15 Å². The van der Waals surface area contributed by atoms with E-state index in [1.807, 2.05) is 0 Å². The van der Waals surface area contributed by atoms with Gasteiger partial charge in [0, 0.05) is 11.6 Å². The van der Waals surface area contributed by atoms with Crippen LogP contribution in [-0.4, -0.2) is 22.6 Å². The number of furan rings is 1. The Bertz CT molecular complexity index is 672. The standard InChI is InChI=1S/C12H11NO6/c1-3-18-12(15)10-6(2)9-8(14)5-4-7(13(16)17)11(9)19-10/h4-5,14H,3H2,1-2H3. The van der Waals surface area contributed by atoms with Crippen LogP contribution < -0.4 is 0 Å². The Balaban J connectivity index is 2.74. The molecule has 1 aromatic carbocycles. The summed E-state index contributed by atoms with van der Waals surface area (Å²) < 4.78 is 10.0. The largest absolute Gasteiger partial charge is 0.507 e. The molecule has 100 valence electrons. The fourth-order valence-electron chi connectivity index (χ4n) is 1.85. The first-order chi connectivity index (χ1) is 8.97. The van der Waals surface area contributed by atoms with Gasteiger partial charge in [0.25, 0.3) is 0 Å². The maximum Gasteiger partial charge on any atom is 0.374 e. The normalized spacial score (nSPS) is 10.6. The molecule has 0 saturated carbocycles. The predicted molar refractivity (Wildman–Crippen MR) is 65.2 cm³/mol. The number of phenols is 1. The van der Waals surface area contributed by atoms with E-state index in [0.29, 0.717) is 5.56 Å². The molecule has 0 fully saturated rings. The van der Waals surface area contributed by atoms with Crippen molar-refractivity contribution in [1.82, 2.24) is 0 Å². The van der Waals surface area contributed by atoms with Crippen LogP contribution in [0.2, 0.25) is 0 Å². The fraction of sp³-hybridized carbons (Fsp3) is 0.250. The van der Waals surface area contributed by atoms with E-state index in [2.05, 4.69) is 0 Å². The van der Waals surface area contributed by atoms with E-state index in [9.17, 15) is 20.0 Å². The van der Waals surface area contributed by atoms with E-state index in [0.717, 1.165) is 6.07 Å². The molecule has 2 rings (SSSR count). The monoisotopic (exact) mass is 265 g/mol. The predicted octanol–water partition coefficient (Wildman–Crippen LogP) is 2.53. The average molecular weight is 265 g/mol. The van der Waals surface area contributed by atoms with E-state index in [1.165, 1.54) is 13.0 Å². The Morgan fingerprint density at radius 1 is 1.53 bits per heavy atom. The van der Waals surface area contributed by atoms with Crippen molar-refractivity contribution in [3.05, 3.63) is 33.6 Å². The molecule has 0 unspecified atom stereocenters. The third-order valence-corrected chi connectivity index (χ3v) is 2.69. The van der Waals surface area contributed by atoms with Crippen molar-refractivity contribution in [3.8, 4) is 5.75 Å². The summed E-state index contributed by atoms with van der Waals surface area (Å²) >= 11 is 0. The lowest BCUT2D eigenvalue weighted by Gasteiger charge is -1.98. The van der Waals surface area contributed by atoms with Gasteiger partial charge in [0.15, 0.2) is 0 Å². The molecule has 0 aliphatic rings. The molecule has 0 radical (unpaired) electrons. The molecule has 7 heteroatoms. The first-order valence-corrected chi connectivity index (χ1v) is 5.54. The molecule has 1 aromatic heterocycles. The van der Waals surface area contributed by atoms with Crippen LogP contribution in [0.5, 0.6) is 5.75 Å². The minimum atomic E-state index is -0.718. The first-order valence-electron chi connectivity index (χ1n) is 5.54. The maximum absolute atomic E-state index is 11.7. The van der Waals surface area contributed by atoms with Crippen LogP contribution in [0.25, 0.3) is 11.0 Å². The van der Waals surface area contributed by atoms with Gasteiger partial charge in [0.05, 0.1) is 16.9 Å².